The Labute approximate surface area is 213 Å². The van der Waals surface area contributed by atoms with Crippen molar-refractivity contribution in [1.82, 2.24) is 4.90 Å². The summed E-state index contributed by atoms with van der Waals surface area (Å²) in [7, 11) is 3.95. The largest absolute Gasteiger partial charge is 0.481 e. The molecule has 0 N–H and O–H groups in total. The van der Waals surface area contributed by atoms with Gasteiger partial charge in [-0.15, -0.1) is 0 Å². The number of anilines is 1. The molecule has 0 bridgehead atoms. The topological polar surface area (TPSA) is 42.0 Å². The first-order chi connectivity index (χ1) is 15.2. The summed E-state index contributed by atoms with van der Waals surface area (Å²) >= 11 is 30.6. The molecule has 1 fully saturated rings. The van der Waals surface area contributed by atoms with Crippen molar-refractivity contribution in [3.63, 3.8) is 0 Å². The van der Waals surface area contributed by atoms with Crippen LogP contribution >= 0.6 is 58.0 Å². The third-order valence-electron chi connectivity index (χ3n) is 5.14. The Morgan fingerprint density at radius 2 is 1.59 bits per heavy atom. The first kappa shape index (κ1) is 25.5. The normalized spacial score (nSPS) is 15.7. The van der Waals surface area contributed by atoms with Gasteiger partial charge in [-0.2, -0.15) is 0 Å². The van der Waals surface area contributed by atoms with E-state index in [9.17, 15) is 4.79 Å². The van der Waals surface area contributed by atoms with Gasteiger partial charge in [0.25, 0.3) is 5.91 Å². The summed E-state index contributed by atoms with van der Waals surface area (Å²) < 4.78 is 11.4. The lowest BCUT2D eigenvalue weighted by Gasteiger charge is -2.26. The minimum Gasteiger partial charge on any atom is -0.481 e. The molecule has 1 atom stereocenters. The van der Waals surface area contributed by atoms with Crippen molar-refractivity contribution < 1.29 is 14.3 Å². The summed E-state index contributed by atoms with van der Waals surface area (Å²) in [5.74, 6) is -0.222. The van der Waals surface area contributed by atoms with Gasteiger partial charge in [-0.3, -0.25) is 4.79 Å². The van der Waals surface area contributed by atoms with E-state index in [2.05, 4.69) is 0 Å². The van der Waals surface area contributed by atoms with E-state index in [1.54, 1.807) is 4.90 Å². The van der Waals surface area contributed by atoms with Crippen LogP contribution in [0.2, 0.25) is 25.1 Å². The maximum Gasteiger partial charge on any atom is 0.260 e. The van der Waals surface area contributed by atoms with Crippen LogP contribution in [0, 0.1) is 0 Å². The quantitative estimate of drug-likeness (QED) is 0.279. The second kappa shape index (κ2) is 11.4. The van der Waals surface area contributed by atoms with Crippen molar-refractivity contribution in [1.29, 1.82) is 0 Å². The molecule has 3 rings (SSSR count). The maximum absolute atomic E-state index is 13.1. The average Bonchev–Trinajstić information content (AvgIpc) is 3.29. The highest BCUT2D eigenvalue weighted by Crippen LogP contribution is 2.48. The first-order valence-electron chi connectivity index (χ1n) is 9.99. The summed E-state index contributed by atoms with van der Waals surface area (Å²) in [5, 5.41) is 0.0700. The Hall–Kier alpha value is -1.08. The lowest BCUT2D eigenvalue weighted by molar-refractivity contribution is -0.135. The fraction of sp³-hybridized carbons (Fsp3) is 0.409. The van der Waals surface area contributed by atoms with Gasteiger partial charge in [0.2, 0.25) is 0 Å². The molecule has 1 aliphatic rings. The van der Waals surface area contributed by atoms with Crippen molar-refractivity contribution in [3.05, 3.63) is 54.9 Å². The van der Waals surface area contributed by atoms with E-state index in [4.69, 9.17) is 67.5 Å². The lowest BCUT2D eigenvalue weighted by Crippen LogP contribution is -2.39. The minimum absolute atomic E-state index is 0.00353. The third-order valence-corrected chi connectivity index (χ3v) is 7.38. The summed E-state index contributed by atoms with van der Waals surface area (Å²) in [6.07, 6.45) is 1.88. The van der Waals surface area contributed by atoms with E-state index in [0.717, 1.165) is 24.1 Å². The predicted molar refractivity (Wildman–Crippen MR) is 132 cm³/mol. The zero-order valence-corrected chi connectivity index (χ0v) is 21.4. The van der Waals surface area contributed by atoms with Gasteiger partial charge in [-0.1, -0.05) is 70.1 Å². The van der Waals surface area contributed by atoms with Gasteiger partial charge < -0.3 is 19.3 Å². The van der Waals surface area contributed by atoms with Crippen molar-refractivity contribution >= 4 is 69.6 Å². The molecule has 1 aliphatic heterocycles. The number of hydrogen-bond donors (Lipinski definition) is 0. The highest BCUT2D eigenvalue weighted by molar-refractivity contribution is 6.55. The summed E-state index contributed by atoms with van der Waals surface area (Å²) in [6, 6.07) is 8.02. The molecule has 1 amide bonds. The van der Waals surface area contributed by atoms with Crippen LogP contribution in [0.5, 0.6) is 5.75 Å². The van der Waals surface area contributed by atoms with Gasteiger partial charge in [0.1, 0.15) is 10.0 Å². The van der Waals surface area contributed by atoms with Crippen molar-refractivity contribution in [2.75, 3.05) is 38.8 Å². The molecule has 2 aromatic carbocycles. The molecule has 0 radical (unpaired) electrons. The van der Waals surface area contributed by atoms with Gasteiger partial charge in [-0.05, 0) is 30.5 Å². The van der Waals surface area contributed by atoms with Crippen molar-refractivity contribution in [3.8, 4) is 5.75 Å². The number of hydrogen-bond acceptors (Lipinski definition) is 4. The zero-order valence-electron chi connectivity index (χ0n) is 17.6. The molecule has 174 valence electrons. The molecule has 0 aliphatic carbocycles. The molecule has 0 unspecified atom stereocenters. The fourth-order valence-corrected chi connectivity index (χ4v) is 4.58. The first-order valence-corrected chi connectivity index (χ1v) is 11.9. The number of nitrogens with zero attached hydrogens (tertiary/aromatic N) is 2. The molecule has 5 nitrogen and oxygen atoms in total. The molecule has 1 heterocycles. The van der Waals surface area contributed by atoms with E-state index in [1.165, 1.54) is 0 Å². The Balaban J connectivity index is 1.75. The van der Waals surface area contributed by atoms with Gasteiger partial charge in [0.05, 0.1) is 21.2 Å². The second-order valence-electron chi connectivity index (χ2n) is 7.66. The van der Waals surface area contributed by atoms with Crippen LogP contribution in [0.25, 0.3) is 0 Å². The molecule has 10 heteroatoms. The summed E-state index contributed by atoms with van der Waals surface area (Å²) in [6.45, 7) is 1.28. The van der Waals surface area contributed by atoms with Crippen molar-refractivity contribution in [2.24, 2.45) is 0 Å². The standard InChI is InChI=1S/C22H23Cl5N2O3/c1-28(2)14-7-5-13(6-8-14)10-29(11-15-4-3-9-31-15)16(30)12-32-22-20(26)18(24)17(23)19(25)21(22)27/h5-8,15H,3-4,9-12H2,1-2H3/t15-/m1/s1. The third kappa shape index (κ3) is 6.07. The molecule has 2 aromatic rings. The summed E-state index contributed by atoms with van der Waals surface area (Å²) in [4.78, 5) is 16.8. The number of carbonyl (C=O) groups excluding carboxylic acids is 1. The molecule has 1 saturated heterocycles. The molecule has 0 saturated carbocycles. The molecule has 0 aromatic heterocycles. The number of rotatable bonds is 8. The van der Waals surface area contributed by atoms with Crippen LogP contribution in [-0.2, 0) is 16.1 Å². The lowest BCUT2D eigenvalue weighted by atomic mass is 10.1. The fourth-order valence-electron chi connectivity index (χ4n) is 3.35. The molecule has 32 heavy (non-hydrogen) atoms. The SMILES string of the molecule is CN(C)c1ccc(CN(C[C@H]2CCCO2)C(=O)COc2c(Cl)c(Cl)c(Cl)c(Cl)c2Cl)cc1. The Morgan fingerprint density at radius 1 is 1.00 bits per heavy atom. The number of benzene rings is 2. The van der Waals surface area contributed by atoms with E-state index in [1.807, 2.05) is 43.3 Å². The van der Waals surface area contributed by atoms with Gasteiger partial charge in [-0.25, -0.2) is 0 Å². The summed E-state index contributed by atoms with van der Waals surface area (Å²) in [5.41, 5.74) is 2.07. The van der Waals surface area contributed by atoms with Crippen LogP contribution in [0.4, 0.5) is 5.69 Å². The van der Waals surface area contributed by atoms with Crippen LogP contribution in [0.15, 0.2) is 24.3 Å². The highest BCUT2D eigenvalue weighted by Gasteiger charge is 2.25. The van der Waals surface area contributed by atoms with Gasteiger partial charge >= 0.3 is 0 Å². The zero-order chi connectivity index (χ0) is 23.4. The van der Waals surface area contributed by atoms with Crippen LogP contribution in [0.3, 0.4) is 0 Å². The Kier molecular flexibility index (Phi) is 9.07. The Morgan fingerprint density at radius 3 is 2.12 bits per heavy atom. The highest BCUT2D eigenvalue weighted by atomic mass is 35.5. The number of amides is 1. The van der Waals surface area contributed by atoms with Gasteiger partial charge in [0.15, 0.2) is 12.4 Å². The number of carbonyl (C=O) groups is 1. The molecular weight excluding hydrogens is 518 g/mol. The average molecular weight is 541 g/mol. The monoisotopic (exact) mass is 538 g/mol. The molecular formula is C22H23Cl5N2O3. The number of halogens is 5. The van der Waals surface area contributed by atoms with E-state index < -0.39 is 0 Å². The van der Waals surface area contributed by atoms with E-state index in [0.29, 0.717) is 19.7 Å². The predicted octanol–water partition coefficient (Wildman–Crippen LogP) is 6.61. The number of ether oxygens (including phenoxy) is 2. The smallest absolute Gasteiger partial charge is 0.260 e. The van der Waals surface area contributed by atoms with Gasteiger partial charge in [0, 0.05) is 39.5 Å². The van der Waals surface area contributed by atoms with Crippen molar-refractivity contribution in [2.45, 2.75) is 25.5 Å². The van der Waals surface area contributed by atoms with Crippen LogP contribution in [0.1, 0.15) is 18.4 Å². The molecule has 0 spiro atoms. The maximum atomic E-state index is 13.1. The van der Waals surface area contributed by atoms with Crippen LogP contribution in [-0.4, -0.2) is 50.8 Å². The second-order valence-corrected chi connectivity index (χ2v) is 9.55. The minimum atomic E-state index is -0.295. The van der Waals surface area contributed by atoms with E-state index in [-0.39, 0.29) is 49.5 Å². The van der Waals surface area contributed by atoms with Crippen LogP contribution < -0.4 is 9.64 Å². The van der Waals surface area contributed by atoms with E-state index >= 15 is 0 Å². The Bertz CT molecular complexity index is 934.